The number of nitrogens with zero attached hydrogens (tertiary/aromatic N) is 1. The Kier molecular flexibility index (Phi) is 5.21. The molecule has 1 aromatic carbocycles. The van der Waals surface area contributed by atoms with Crippen molar-refractivity contribution in [2.45, 2.75) is 33.1 Å². The van der Waals surface area contributed by atoms with Crippen LogP contribution >= 0.6 is 0 Å². The van der Waals surface area contributed by atoms with Gasteiger partial charge in [-0.2, -0.15) is 0 Å². The van der Waals surface area contributed by atoms with Gasteiger partial charge in [-0.05, 0) is 48.9 Å². The van der Waals surface area contributed by atoms with Crippen LogP contribution in [0.2, 0.25) is 0 Å². The summed E-state index contributed by atoms with van der Waals surface area (Å²) in [6, 6.07) is 4.88. The second-order valence-electron chi connectivity index (χ2n) is 6.08. The second kappa shape index (κ2) is 6.92. The number of piperidine rings is 1. The lowest BCUT2D eigenvalue weighted by Crippen LogP contribution is -2.41. The molecule has 0 radical (unpaired) electrons. The van der Waals surface area contributed by atoms with Gasteiger partial charge in [0.1, 0.15) is 11.6 Å². The first-order chi connectivity index (χ1) is 10.0. The Hall–Kier alpha value is -1.58. The summed E-state index contributed by atoms with van der Waals surface area (Å²) in [5, 5.41) is 0. The van der Waals surface area contributed by atoms with Crippen LogP contribution in [0, 0.1) is 17.7 Å². The van der Waals surface area contributed by atoms with Crippen molar-refractivity contribution in [3.05, 3.63) is 29.6 Å². The molecule has 1 aliphatic heterocycles. The standard InChI is InChI=1S/C17H24FNO2/c1-12(2)17(20)19-8-6-13(7-9-19)10-14-11-15(21-3)4-5-16(14)18/h4-5,11-13H,6-10H2,1-3H3. The lowest BCUT2D eigenvalue weighted by atomic mass is 9.89. The molecule has 1 aliphatic rings. The molecule has 1 saturated heterocycles. The van der Waals surface area contributed by atoms with E-state index in [4.69, 9.17) is 4.74 Å². The number of rotatable bonds is 4. The van der Waals surface area contributed by atoms with Crippen LogP contribution in [0.25, 0.3) is 0 Å². The molecule has 0 aliphatic carbocycles. The van der Waals surface area contributed by atoms with E-state index in [0.29, 0.717) is 23.7 Å². The third-order valence-corrected chi connectivity index (χ3v) is 4.18. The van der Waals surface area contributed by atoms with Crippen LogP contribution in [0.5, 0.6) is 5.75 Å². The molecule has 0 unspecified atom stereocenters. The molecule has 21 heavy (non-hydrogen) atoms. The van der Waals surface area contributed by atoms with Crippen molar-refractivity contribution in [2.24, 2.45) is 11.8 Å². The van der Waals surface area contributed by atoms with E-state index in [1.807, 2.05) is 18.7 Å². The van der Waals surface area contributed by atoms with Gasteiger partial charge < -0.3 is 9.64 Å². The molecule has 1 amide bonds. The average molecular weight is 293 g/mol. The van der Waals surface area contributed by atoms with Gasteiger partial charge in [0.15, 0.2) is 0 Å². The van der Waals surface area contributed by atoms with Gasteiger partial charge in [0.05, 0.1) is 7.11 Å². The molecule has 4 heteroatoms. The minimum Gasteiger partial charge on any atom is -0.497 e. The number of hydrogen-bond acceptors (Lipinski definition) is 2. The van der Waals surface area contributed by atoms with E-state index in [-0.39, 0.29) is 17.6 Å². The fraction of sp³-hybridized carbons (Fsp3) is 0.588. The van der Waals surface area contributed by atoms with Crippen LogP contribution in [0.4, 0.5) is 4.39 Å². The lowest BCUT2D eigenvalue weighted by molar-refractivity contribution is -0.135. The largest absolute Gasteiger partial charge is 0.497 e. The fourth-order valence-corrected chi connectivity index (χ4v) is 2.87. The highest BCUT2D eigenvalue weighted by atomic mass is 19.1. The predicted molar refractivity (Wildman–Crippen MR) is 80.8 cm³/mol. The quantitative estimate of drug-likeness (QED) is 0.852. The number of amides is 1. The number of carbonyl (C=O) groups excluding carboxylic acids is 1. The molecule has 3 nitrogen and oxygen atoms in total. The van der Waals surface area contributed by atoms with Gasteiger partial charge in [0.2, 0.25) is 5.91 Å². The third kappa shape index (κ3) is 3.96. The molecule has 1 heterocycles. The monoisotopic (exact) mass is 293 g/mol. The summed E-state index contributed by atoms with van der Waals surface area (Å²) in [4.78, 5) is 13.9. The van der Waals surface area contributed by atoms with E-state index in [0.717, 1.165) is 25.9 Å². The first kappa shape index (κ1) is 15.8. The van der Waals surface area contributed by atoms with Gasteiger partial charge in [-0.25, -0.2) is 4.39 Å². The zero-order valence-corrected chi connectivity index (χ0v) is 13.1. The third-order valence-electron chi connectivity index (χ3n) is 4.18. The van der Waals surface area contributed by atoms with Crippen LogP contribution in [-0.2, 0) is 11.2 Å². The van der Waals surface area contributed by atoms with Gasteiger partial charge in [-0.1, -0.05) is 13.8 Å². The van der Waals surface area contributed by atoms with Crippen molar-refractivity contribution in [1.29, 1.82) is 0 Å². The van der Waals surface area contributed by atoms with Crippen LogP contribution in [0.3, 0.4) is 0 Å². The highest BCUT2D eigenvalue weighted by Crippen LogP contribution is 2.26. The fourth-order valence-electron chi connectivity index (χ4n) is 2.87. The van der Waals surface area contributed by atoms with E-state index < -0.39 is 0 Å². The van der Waals surface area contributed by atoms with Crippen LogP contribution in [-0.4, -0.2) is 31.0 Å². The highest BCUT2D eigenvalue weighted by molar-refractivity contribution is 5.78. The Morgan fingerprint density at radius 3 is 2.62 bits per heavy atom. The number of benzene rings is 1. The van der Waals surface area contributed by atoms with Gasteiger partial charge in [0.25, 0.3) is 0 Å². The van der Waals surface area contributed by atoms with E-state index in [2.05, 4.69) is 0 Å². The van der Waals surface area contributed by atoms with Gasteiger partial charge in [0, 0.05) is 19.0 Å². The molecule has 0 aromatic heterocycles. The minimum atomic E-state index is -0.170. The van der Waals surface area contributed by atoms with Crippen molar-refractivity contribution in [3.8, 4) is 5.75 Å². The maximum absolute atomic E-state index is 13.9. The van der Waals surface area contributed by atoms with Crippen molar-refractivity contribution in [2.75, 3.05) is 20.2 Å². The SMILES string of the molecule is COc1ccc(F)c(CC2CCN(C(=O)C(C)C)CC2)c1. The van der Waals surface area contributed by atoms with Gasteiger partial charge in [-0.3, -0.25) is 4.79 Å². The molecule has 2 rings (SSSR count). The Morgan fingerprint density at radius 1 is 1.38 bits per heavy atom. The lowest BCUT2D eigenvalue weighted by Gasteiger charge is -2.33. The average Bonchev–Trinajstić information content (AvgIpc) is 2.49. The van der Waals surface area contributed by atoms with Crippen LogP contribution in [0.15, 0.2) is 18.2 Å². The van der Waals surface area contributed by atoms with E-state index in [1.54, 1.807) is 19.2 Å². The summed E-state index contributed by atoms with van der Waals surface area (Å²) in [7, 11) is 1.59. The number of ether oxygens (including phenoxy) is 1. The summed E-state index contributed by atoms with van der Waals surface area (Å²) < 4.78 is 19.0. The van der Waals surface area contributed by atoms with E-state index >= 15 is 0 Å². The van der Waals surface area contributed by atoms with Gasteiger partial charge in [-0.15, -0.1) is 0 Å². The zero-order chi connectivity index (χ0) is 15.4. The summed E-state index contributed by atoms with van der Waals surface area (Å²) in [5.41, 5.74) is 0.711. The first-order valence-electron chi connectivity index (χ1n) is 7.62. The minimum absolute atomic E-state index is 0.0531. The van der Waals surface area contributed by atoms with Crippen LogP contribution < -0.4 is 4.74 Å². The molecule has 0 bridgehead atoms. The predicted octanol–water partition coefficient (Wildman–Crippen LogP) is 3.27. The topological polar surface area (TPSA) is 29.5 Å². The van der Waals surface area contributed by atoms with Gasteiger partial charge >= 0.3 is 0 Å². The normalized spacial score (nSPS) is 16.3. The summed E-state index contributed by atoms with van der Waals surface area (Å²) >= 11 is 0. The summed E-state index contributed by atoms with van der Waals surface area (Å²) in [6.45, 7) is 5.43. The maximum atomic E-state index is 13.9. The van der Waals surface area contributed by atoms with Crippen molar-refractivity contribution < 1.29 is 13.9 Å². The van der Waals surface area contributed by atoms with Crippen molar-refractivity contribution in [1.82, 2.24) is 4.90 Å². The molecule has 0 saturated carbocycles. The smallest absolute Gasteiger partial charge is 0.225 e. The Labute approximate surface area is 126 Å². The van der Waals surface area contributed by atoms with Crippen molar-refractivity contribution in [3.63, 3.8) is 0 Å². The molecule has 0 atom stereocenters. The van der Waals surface area contributed by atoms with E-state index in [9.17, 15) is 9.18 Å². The van der Waals surface area contributed by atoms with Crippen LogP contribution in [0.1, 0.15) is 32.3 Å². The number of hydrogen-bond donors (Lipinski definition) is 0. The molecule has 0 N–H and O–H groups in total. The number of methoxy groups -OCH3 is 1. The maximum Gasteiger partial charge on any atom is 0.225 e. The number of carbonyl (C=O) groups is 1. The zero-order valence-electron chi connectivity index (χ0n) is 13.1. The molecule has 116 valence electrons. The second-order valence-corrected chi connectivity index (χ2v) is 6.08. The first-order valence-corrected chi connectivity index (χ1v) is 7.62. The van der Waals surface area contributed by atoms with E-state index in [1.165, 1.54) is 6.07 Å². The number of likely N-dealkylation sites (tertiary alicyclic amines) is 1. The molecule has 1 aromatic rings. The Morgan fingerprint density at radius 2 is 2.05 bits per heavy atom. The highest BCUT2D eigenvalue weighted by Gasteiger charge is 2.24. The molecular formula is C17H24FNO2. The number of halogens is 1. The Balaban J connectivity index is 1.93. The molecule has 0 spiro atoms. The summed E-state index contributed by atoms with van der Waals surface area (Å²) in [5.74, 6) is 1.23. The summed E-state index contributed by atoms with van der Waals surface area (Å²) in [6.07, 6.45) is 2.59. The van der Waals surface area contributed by atoms with Crippen molar-refractivity contribution >= 4 is 5.91 Å². The Bertz CT molecular complexity index is 494. The molecular weight excluding hydrogens is 269 g/mol. The molecule has 1 fully saturated rings.